The predicted molar refractivity (Wildman–Crippen MR) is 42.9 cm³/mol. The molecule has 1 aromatic heterocycles. The van der Waals surface area contributed by atoms with Crippen molar-refractivity contribution >= 4 is 36.3 Å². The monoisotopic (exact) mass is 185 g/mol. The normalized spacial score (nSPS) is 6.67. The van der Waals surface area contributed by atoms with E-state index in [1.807, 2.05) is 0 Å². The van der Waals surface area contributed by atoms with Gasteiger partial charge in [-0.3, -0.25) is 4.79 Å². The fourth-order valence-electron chi connectivity index (χ4n) is 0.270. The van der Waals surface area contributed by atoms with Crippen LogP contribution in [0.15, 0.2) is 23.1 Å². The molecule has 0 aliphatic rings. The van der Waals surface area contributed by atoms with E-state index in [0.717, 1.165) is 11.5 Å². The molecule has 0 aliphatic heterocycles. The summed E-state index contributed by atoms with van der Waals surface area (Å²) in [5.74, 6) is 0. The van der Waals surface area contributed by atoms with Gasteiger partial charge < -0.3 is 0 Å². The van der Waals surface area contributed by atoms with Crippen LogP contribution in [0.4, 0.5) is 0 Å². The first-order valence-corrected chi connectivity index (χ1v) is 2.58. The van der Waals surface area contributed by atoms with Gasteiger partial charge in [0, 0.05) is 17.7 Å². The van der Waals surface area contributed by atoms with Crippen LogP contribution in [0.3, 0.4) is 0 Å². The Labute approximate surface area is 68.9 Å². The first kappa shape index (κ1) is 11.6. The Morgan fingerprint density at radius 3 is 2.33 bits per heavy atom. The molecule has 0 fully saturated rings. The number of hydrogen-bond acceptors (Lipinski definition) is 3. The van der Waals surface area contributed by atoms with Gasteiger partial charge in [-0.1, -0.05) is 0 Å². The summed E-state index contributed by atoms with van der Waals surface area (Å²) in [5, 5.41) is 0. The van der Waals surface area contributed by atoms with E-state index >= 15 is 0 Å². The second kappa shape index (κ2) is 6.01. The van der Waals surface area contributed by atoms with Crippen molar-refractivity contribution in [2.24, 2.45) is 0 Å². The third-order valence-electron chi connectivity index (χ3n) is 0.522. The molecule has 9 heavy (non-hydrogen) atoms. The molecule has 0 aliphatic carbocycles. The summed E-state index contributed by atoms with van der Waals surface area (Å²) in [4.78, 5) is 10.2. The van der Waals surface area contributed by atoms with Crippen LogP contribution < -0.4 is 4.74 Å². The Bertz CT molecular complexity index is 184. The molecular formula is C4H5Cl2NOS. The van der Waals surface area contributed by atoms with Gasteiger partial charge in [0.05, 0.1) is 0 Å². The molecule has 0 saturated heterocycles. The largest absolute Gasteiger partial charge is 0.276 e. The zero-order valence-corrected chi connectivity index (χ0v) is 6.76. The summed E-state index contributed by atoms with van der Waals surface area (Å²) >= 11 is 0.962. The van der Waals surface area contributed by atoms with Crippen molar-refractivity contribution in [1.82, 2.24) is 4.37 Å². The molecule has 1 aromatic rings. The molecule has 5 heteroatoms. The summed E-state index contributed by atoms with van der Waals surface area (Å²) < 4.78 is 3.62. The zero-order valence-electron chi connectivity index (χ0n) is 4.31. The number of hydrogen-bond donors (Lipinski definition) is 0. The van der Waals surface area contributed by atoms with Crippen molar-refractivity contribution in [3.63, 3.8) is 0 Å². The van der Waals surface area contributed by atoms with Crippen LogP contribution in [0.1, 0.15) is 0 Å². The maximum Gasteiger partial charge on any atom is 0.249 e. The zero-order chi connectivity index (χ0) is 5.11. The molecular weight excluding hydrogens is 181 g/mol. The topological polar surface area (TPSA) is 30.0 Å². The van der Waals surface area contributed by atoms with E-state index in [0.29, 0.717) is 0 Å². The highest BCUT2D eigenvalue weighted by atomic mass is 35.5. The van der Waals surface area contributed by atoms with Crippen LogP contribution in [0.5, 0.6) is 0 Å². The Kier molecular flexibility index (Phi) is 7.77. The molecule has 0 aromatic carbocycles. The molecule has 0 atom stereocenters. The Morgan fingerprint density at radius 2 is 2.11 bits per heavy atom. The van der Waals surface area contributed by atoms with E-state index in [9.17, 15) is 4.79 Å². The molecule has 0 N–H and O–H groups in total. The Morgan fingerprint density at radius 1 is 1.44 bits per heavy atom. The average Bonchev–Trinajstić information content (AvgIpc) is 1.69. The summed E-state index contributed by atoms with van der Waals surface area (Å²) in [7, 11) is 0. The maximum absolute atomic E-state index is 10.2. The number of nitrogens with zero attached hydrogens (tertiary/aromatic N) is 1. The molecule has 0 amide bonds. The molecule has 1 heterocycles. The fourth-order valence-corrected chi connectivity index (χ4v) is 0.644. The standard InChI is InChI=1S/C4H3NOS.2ClH/c6-4-2-1-3-5-7-4;;/h1-3H;2*1H. The van der Waals surface area contributed by atoms with Crippen LogP contribution >= 0.6 is 36.3 Å². The van der Waals surface area contributed by atoms with E-state index in [-0.39, 0.29) is 29.6 Å². The molecule has 0 spiro atoms. The second-order valence-electron chi connectivity index (χ2n) is 1.02. The number of halogens is 2. The highest BCUT2D eigenvalue weighted by Gasteiger charge is 1.73. The quantitative estimate of drug-likeness (QED) is 0.612. The molecule has 0 unspecified atom stereocenters. The van der Waals surface area contributed by atoms with Gasteiger partial charge in [-0.25, -0.2) is 0 Å². The van der Waals surface area contributed by atoms with Gasteiger partial charge in [0.25, 0.3) is 0 Å². The summed E-state index contributed by atoms with van der Waals surface area (Å²) in [6, 6.07) is 3.11. The summed E-state index contributed by atoms with van der Waals surface area (Å²) in [5.41, 5.74) is 0. The third-order valence-corrected chi connectivity index (χ3v) is 1.07. The van der Waals surface area contributed by atoms with Crippen LogP contribution in [0, 0.1) is 0 Å². The van der Waals surface area contributed by atoms with Gasteiger partial charge in [-0.05, 0) is 12.1 Å². The lowest BCUT2D eigenvalue weighted by Crippen LogP contribution is -1.87. The van der Waals surface area contributed by atoms with Crippen molar-refractivity contribution in [3.05, 3.63) is 27.9 Å². The molecule has 0 radical (unpaired) electrons. The van der Waals surface area contributed by atoms with Crippen LogP contribution in [-0.2, 0) is 0 Å². The molecule has 0 saturated carbocycles. The molecule has 52 valence electrons. The summed E-state index contributed by atoms with van der Waals surface area (Å²) in [6.45, 7) is 0. The lowest BCUT2D eigenvalue weighted by molar-refractivity contribution is 1.51. The minimum atomic E-state index is 0. The number of rotatable bonds is 0. The molecule has 0 bridgehead atoms. The van der Waals surface area contributed by atoms with Crippen molar-refractivity contribution in [2.75, 3.05) is 0 Å². The van der Waals surface area contributed by atoms with Crippen molar-refractivity contribution in [3.8, 4) is 0 Å². The van der Waals surface area contributed by atoms with E-state index in [2.05, 4.69) is 4.37 Å². The minimum Gasteiger partial charge on any atom is -0.276 e. The van der Waals surface area contributed by atoms with Crippen molar-refractivity contribution in [2.45, 2.75) is 0 Å². The Balaban J connectivity index is 0. The predicted octanol–water partition coefficient (Wildman–Crippen LogP) is 1.35. The first-order valence-electron chi connectivity index (χ1n) is 1.80. The van der Waals surface area contributed by atoms with Gasteiger partial charge in [-0.15, -0.1) is 24.8 Å². The van der Waals surface area contributed by atoms with E-state index in [4.69, 9.17) is 0 Å². The number of aromatic nitrogens is 1. The van der Waals surface area contributed by atoms with Crippen molar-refractivity contribution in [1.29, 1.82) is 0 Å². The first-order chi connectivity index (χ1) is 3.39. The van der Waals surface area contributed by atoms with Gasteiger partial charge >= 0.3 is 0 Å². The highest BCUT2D eigenvalue weighted by Crippen LogP contribution is 1.73. The van der Waals surface area contributed by atoms with Crippen LogP contribution in [-0.4, -0.2) is 4.37 Å². The van der Waals surface area contributed by atoms with E-state index in [1.165, 1.54) is 6.07 Å². The molecule has 1 rings (SSSR count). The van der Waals surface area contributed by atoms with E-state index < -0.39 is 0 Å². The smallest absolute Gasteiger partial charge is 0.249 e. The Hall–Kier alpha value is -0.120. The second-order valence-corrected chi connectivity index (χ2v) is 1.82. The molecule has 2 nitrogen and oxygen atoms in total. The lowest BCUT2D eigenvalue weighted by Gasteiger charge is -1.68. The lowest BCUT2D eigenvalue weighted by atomic mass is 10.6. The van der Waals surface area contributed by atoms with Gasteiger partial charge in [0.2, 0.25) is 4.74 Å². The van der Waals surface area contributed by atoms with Gasteiger partial charge in [-0.2, -0.15) is 4.37 Å². The van der Waals surface area contributed by atoms with Gasteiger partial charge in [0.15, 0.2) is 0 Å². The maximum atomic E-state index is 10.2. The SMILES string of the molecule is Cl.Cl.O=c1cccns1. The highest BCUT2D eigenvalue weighted by molar-refractivity contribution is 7.02. The van der Waals surface area contributed by atoms with Gasteiger partial charge in [0.1, 0.15) is 0 Å². The van der Waals surface area contributed by atoms with E-state index in [1.54, 1.807) is 12.3 Å². The average molecular weight is 186 g/mol. The van der Waals surface area contributed by atoms with Crippen molar-refractivity contribution < 1.29 is 0 Å². The minimum absolute atomic E-state index is 0. The van der Waals surface area contributed by atoms with Crippen LogP contribution in [0.25, 0.3) is 0 Å². The van der Waals surface area contributed by atoms with Crippen LogP contribution in [0.2, 0.25) is 0 Å². The third kappa shape index (κ3) is 4.39. The fraction of sp³-hybridized carbons (Fsp3) is 0. The summed E-state index contributed by atoms with van der Waals surface area (Å²) in [6.07, 6.45) is 1.59.